The first-order chi connectivity index (χ1) is 10.3. The summed E-state index contributed by atoms with van der Waals surface area (Å²) < 4.78 is 30.2. The second kappa shape index (κ2) is 7.98. The molecule has 122 valence electrons. The largest absolute Gasteiger partial charge is 0.507 e. The molecule has 1 unspecified atom stereocenters. The first-order valence-corrected chi connectivity index (χ1v) is 8.16. The van der Waals surface area contributed by atoms with Gasteiger partial charge in [-0.05, 0) is 25.1 Å². The highest BCUT2D eigenvalue weighted by Gasteiger charge is 2.30. The lowest BCUT2D eigenvalue weighted by atomic mass is 10.4. The van der Waals surface area contributed by atoms with E-state index in [1.165, 1.54) is 24.4 Å². The molecule has 1 atom stereocenters. The fraction of sp³-hybridized carbons (Fsp3) is 0.333. The number of hydrogen-bond donors (Lipinski definition) is 2. The van der Waals surface area contributed by atoms with Crippen molar-refractivity contribution in [2.75, 3.05) is 20.7 Å². The van der Waals surface area contributed by atoms with E-state index in [2.05, 4.69) is 0 Å². The fourth-order valence-corrected chi connectivity index (χ4v) is 3.11. The van der Waals surface area contributed by atoms with Gasteiger partial charge in [-0.15, -0.1) is 0 Å². The van der Waals surface area contributed by atoms with Gasteiger partial charge in [-0.25, -0.2) is 8.42 Å². The summed E-state index contributed by atoms with van der Waals surface area (Å²) in [6, 6.07) is 7.57. The van der Waals surface area contributed by atoms with Gasteiger partial charge < -0.3 is 19.8 Å². The third-order valence-electron chi connectivity index (χ3n) is 2.67. The average Bonchev–Trinajstić information content (AvgIpc) is 2.46. The molecule has 0 aliphatic rings. The Labute approximate surface area is 130 Å². The monoisotopic (exact) mass is 327 g/mol. The molecule has 0 amide bonds. The highest BCUT2D eigenvalue weighted by atomic mass is 32.2. The van der Waals surface area contributed by atoms with Crippen LogP contribution in [0.4, 0.5) is 0 Å². The molecule has 0 aliphatic carbocycles. The van der Waals surface area contributed by atoms with Crippen molar-refractivity contribution in [3.05, 3.63) is 53.3 Å². The number of aliphatic hydroxyl groups is 2. The molecule has 6 nitrogen and oxygen atoms in total. The molecule has 0 aliphatic heterocycles. The third kappa shape index (κ3) is 4.59. The maximum atomic E-state index is 12.6. The van der Waals surface area contributed by atoms with Crippen molar-refractivity contribution in [3.8, 4) is 0 Å². The van der Waals surface area contributed by atoms with Crippen LogP contribution in [0.5, 0.6) is 0 Å². The van der Waals surface area contributed by atoms with E-state index in [1.54, 1.807) is 44.1 Å². The summed E-state index contributed by atoms with van der Waals surface area (Å²) >= 11 is 0. The summed E-state index contributed by atoms with van der Waals surface area (Å²) in [4.78, 5) is 1.00. The predicted octanol–water partition coefficient (Wildman–Crippen LogP) is 1.66. The van der Waals surface area contributed by atoms with Crippen molar-refractivity contribution in [2.45, 2.75) is 18.1 Å². The van der Waals surface area contributed by atoms with E-state index in [-0.39, 0.29) is 11.5 Å². The number of nitrogens with zero attached hydrogens (tertiary/aromatic N) is 1. The summed E-state index contributed by atoms with van der Waals surface area (Å²) in [5.41, 5.74) is 0. The topological polar surface area (TPSA) is 87.1 Å². The molecule has 0 aromatic heterocycles. The fourth-order valence-electron chi connectivity index (χ4n) is 1.66. The van der Waals surface area contributed by atoms with Crippen LogP contribution in [0.25, 0.3) is 0 Å². The van der Waals surface area contributed by atoms with E-state index in [0.717, 1.165) is 0 Å². The van der Waals surface area contributed by atoms with E-state index in [1.807, 2.05) is 0 Å². The van der Waals surface area contributed by atoms with Crippen molar-refractivity contribution in [1.29, 1.82) is 0 Å². The van der Waals surface area contributed by atoms with Crippen LogP contribution in [0.3, 0.4) is 0 Å². The van der Waals surface area contributed by atoms with Gasteiger partial charge in [-0.1, -0.05) is 18.2 Å². The minimum absolute atomic E-state index is 0.0337. The van der Waals surface area contributed by atoms with Gasteiger partial charge in [0.2, 0.25) is 9.84 Å². The van der Waals surface area contributed by atoms with Crippen LogP contribution < -0.4 is 0 Å². The molecule has 7 heteroatoms. The lowest BCUT2D eigenvalue weighted by Crippen LogP contribution is -2.23. The van der Waals surface area contributed by atoms with E-state index in [4.69, 9.17) is 4.74 Å². The molecule has 0 bridgehead atoms. The lowest BCUT2D eigenvalue weighted by Gasteiger charge is -2.16. The molecule has 0 radical (unpaired) electrons. The maximum Gasteiger partial charge on any atom is 0.211 e. The predicted molar refractivity (Wildman–Crippen MR) is 83.7 cm³/mol. The van der Waals surface area contributed by atoms with E-state index in [9.17, 15) is 18.6 Å². The molecule has 2 N–H and O–H groups in total. The zero-order chi connectivity index (χ0) is 16.8. The number of rotatable bonds is 7. The van der Waals surface area contributed by atoms with Gasteiger partial charge in [0.1, 0.15) is 10.7 Å². The zero-order valence-corrected chi connectivity index (χ0v) is 13.6. The molecule has 0 heterocycles. The number of benzene rings is 1. The Kier molecular flexibility index (Phi) is 6.61. The molecule has 1 aromatic carbocycles. The van der Waals surface area contributed by atoms with Gasteiger partial charge in [-0.2, -0.15) is 0 Å². The van der Waals surface area contributed by atoms with Crippen LogP contribution in [0, 0.1) is 0 Å². The Morgan fingerprint density at radius 3 is 2.41 bits per heavy atom. The van der Waals surface area contributed by atoms with Gasteiger partial charge in [-0.3, -0.25) is 0 Å². The lowest BCUT2D eigenvalue weighted by molar-refractivity contribution is -0.0636. The highest BCUT2D eigenvalue weighted by molar-refractivity contribution is 7.95. The molecule has 1 aromatic rings. The van der Waals surface area contributed by atoms with Crippen LogP contribution in [-0.2, 0) is 14.6 Å². The molecule has 0 saturated carbocycles. The first kappa shape index (κ1) is 18.2. The SMILES string of the molecule is CCOC(O)/C(=C(O)/C=C/N(C)C)S(=O)(=O)c1ccccc1. The first-order valence-electron chi connectivity index (χ1n) is 6.68. The van der Waals surface area contributed by atoms with E-state index in [0.29, 0.717) is 0 Å². The number of hydrogen-bond acceptors (Lipinski definition) is 6. The number of allylic oxidation sites excluding steroid dienone is 1. The van der Waals surface area contributed by atoms with Gasteiger partial charge in [0.25, 0.3) is 0 Å². The smallest absolute Gasteiger partial charge is 0.211 e. The molecular weight excluding hydrogens is 306 g/mol. The van der Waals surface area contributed by atoms with Crippen molar-refractivity contribution in [2.24, 2.45) is 0 Å². The van der Waals surface area contributed by atoms with Crippen LogP contribution in [0.1, 0.15) is 6.92 Å². The summed E-state index contributed by atoms with van der Waals surface area (Å²) in [5.74, 6) is -0.571. The molecule has 22 heavy (non-hydrogen) atoms. The van der Waals surface area contributed by atoms with E-state index < -0.39 is 26.8 Å². The second-order valence-corrected chi connectivity index (χ2v) is 6.57. The Bertz CT molecular complexity index is 635. The van der Waals surface area contributed by atoms with Crippen LogP contribution >= 0.6 is 0 Å². The minimum atomic E-state index is -4.08. The zero-order valence-electron chi connectivity index (χ0n) is 12.8. The summed E-state index contributed by atoms with van der Waals surface area (Å²) in [6.45, 7) is 1.71. The molecular formula is C15H21NO5S. The highest BCUT2D eigenvalue weighted by Crippen LogP contribution is 2.25. The Morgan fingerprint density at radius 2 is 1.91 bits per heavy atom. The number of aliphatic hydroxyl groups excluding tert-OH is 2. The Hall–Kier alpha value is -1.83. The van der Waals surface area contributed by atoms with Crippen molar-refractivity contribution < 1.29 is 23.4 Å². The van der Waals surface area contributed by atoms with Crippen LogP contribution in [-0.4, -0.2) is 50.5 Å². The van der Waals surface area contributed by atoms with Crippen molar-refractivity contribution >= 4 is 9.84 Å². The molecule has 1 rings (SSSR count). The van der Waals surface area contributed by atoms with Gasteiger partial charge in [0, 0.05) is 26.9 Å². The molecule has 0 spiro atoms. The Morgan fingerprint density at radius 1 is 1.32 bits per heavy atom. The third-order valence-corrected chi connectivity index (χ3v) is 4.56. The quantitative estimate of drug-likeness (QED) is 0.450. The van der Waals surface area contributed by atoms with Crippen molar-refractivity contribution in [3.63, 3.8) is 0 Å². The normalized spacial score (nSPS) is 14.7. The average molecular weight is 327 g/mol. The summed E-state index contributed by atoms with van der Waals surface area (Å²) in [5, 5.41) is 20.1. The number of ether oxygens (including phenoxy) is 1. The standard InChI is InChI=1S/C15H21NO5S/c1-4-21-15(18)14(13(17)10-11-16(2)3)22(19,20)12-8-6-5-7-9-12/h5-11,15,17-18H,4H2,1-3H3/b11-10+,14-13+. The molecule has 0 fully saturated rings. The second-order valence-electron chi connectivity index (χ2n) is 4.65. The summed E-state index contributed by atoms with van der Waals surface area (Å²) in [6.07, 6.45) is 0.911. The number of sulfone groups is 1. The van der Waals surface area contributed by atoms with Crippen LogP contribution in [0.15, 0.2) is 58.2 Å². The minimum Gasteiger partial charge on any atom is -0.507 e. The summed E-state index contributed by atoms with van der Waals surface area (Å²) in [7, 11) is -0.652. The van der Waals surface area contributed by atoms with Gasteiger partial charge in [0.15, 0.2) is 6.29 Å². The molecule has 0 saturated heterocycles. The Balaban J connectivity index is 3.41. The van der Waals surface area contributed by atoms with Crippen molar-refractivity contribution in [1.82, 2.24) is 4.90 Å². The van der Waals surface area contributed by atoms with Crippen LogP contribution in [0.2, 0.25) is 0 Å². The van der Waals surface area contributed by atoms with Gasteiger partial charge in [0.05, 0.1) is 4.90 Å². The maximum absolute atomic E-state index is 12.6. The van der Waals surface area contributed by atoms with Gasteiger partial charge >= 0.3 is 0 Å². The van der Waals surface area contributed by atoms with E-state index >= 15 is 0 Å².